The number of amides is 1. The van der Waals surface area contributed by atoms with Crippen molar-refractivity contribution >= 4 is 28.1 Å². The summed E-state index contributed by atoms with van der Waals surface area (Å²) in [4.78, 5) is 29.7. The third kappa shape index (κ3) is 4.19. The van der Waals surface area contributed by atoms with Crippen LogP contribution in [-0.4, -0.2) is 47.0 Å². The van der Waals surface area contributed by atoms with Crippen molar-refractivity contribution in [2.45, 2.75) is 13.5 Å². The van der Waals surface area contributed by atoms with E-state index < -0.39 is 10.8 Å². The zero-order valence-corrected chi connectivity index (χ0v) is 14.5. The number of carbonyl (C=O) groups is 1. The molecule has 1 N–H and O–H groups in total. The zero-order chi connectivity index (χ0) is 17.8. The lowest BCUT2D eigenvalue weighted by Crippen LogP contribution is -2.35. The van der Waals surface area contributed by atoms with Crippen LogP contribution in [0.15, 0.2) is 23.6 Å². The number of hydrogen-bond donors (Lipinski definition) is 1. The highest BCUT2D eigenvalue weighted by Crippen LogP contribution is 2.25. The van der Waals surface area contributed by atoms with Gasteiger partial charge in [-0.25, -0.2) is 4.98 Å². The number of nitrogens with one attached hydrogen (secondary N) is 1. The Morgan fingerprint density at radius 2 is 2.20 bits per heavy atom. The van der Waals surface area contributed by atoms with Crippen LogP contribution in [0, 0.1) is 17.0 Å². The van der Waals surface area contributed by atoms with Gasteiger partial charge in [0, 0.05) is 30.6 Å². The summed E-state index contributed by atoms with van der Waals surface area (Å²) in [6.07, 6.45) is 0. The van der Waals surface area contributed by atoms with E-state index in [0.717, 1.165) is 18.8 Å². The lowest BCUT2D eigenvalue weighted by Gasteiger charge is -2.25. The molecule has 1 aliphatic heterocycles. The summed E-state index contributed by atoms with van der Waals surface area (Å²) in [6.45, 7) is 5.44. The van der Waals surface area contributed by atoms with Gasteiger partial charge in [0.15, 0.2) is 5.13 Å². The molecule has 1 amide bonds. The van der Waals surface area contributed by atoms with Crippen LogP contribution in [0.2, 0.25) is 0 Å². The van der Waals surface area contributed by atoms with E-state index in [-0.39, 0.29) is 11.3 Å². The number of aromatic nitrogens is 1. The van der Waals surface area contributed by atoms with Crippen LogP contribution in [0.4, 0.5) is 10.8 Å². The molecule has 0 bridgehead atoms. The molecule has 0 radical (unpaired) electrons. The number of hydrogen-bond acceptors (Lipinski definition) is 7. The number of rotatable bonds is 5. The van der Waals surface area contributed by atoms with Crippen molar-refractivity contribution in [2.75, 3.05) is 31.6 Å². The second-order valence-electron chi connectivity index (χ2n) is 5.71. The highest BCUT2D eigenvalue weighted by molar-refractivity contribution is 7.14. The van der Waals surface area contributed by atoms with Gasteiger partial charge in [0.25, 0.3) is 11.6 Å². The Morgan fingerprint density at radius 1 is 1.44 bits per heavy atom. The number of morpholine rings is 1. The highest BCUT2D eigenvalue weighted by atomic mass is 32.1. The van der Waals surface area contributed by atoms with Gasteiger partial charge in [0.05, 0.1) is 23.8 Å². The Balaban J connectivity index is 1.70. The number of thiazole rings is 1. The van der Waals surface area contributed by atoms with Crippen LogP contribution in [-0.2, 0) is 11.3 Å². The molecule has 0 atom stereocenters. The molecule has 2 aromatic rings. The van der Waals surface area contributed by atoms with E-state index in [1.807, 2.05) is 5.38 Å². The molecule has 1 aromatic carbocycles. The van der Waals surface area contributed by atoms with Gasteiger partial charge < -0.3 is 4.74 Å². The third-order valence-corrected chi connectivity index (χ3v) is 4.73. The van der Waals surface area contributed by atoms with Gasteiger partial charge in [0.1, 0.15) is 5.56 Å². The van der Waals surface area contributed by atoms with E-state index in [0.29, 0.717) is 30.5 Å². The Bertz CT molecular complexity index is 786. The number of ether oxygens (including phenoxy) is 1. The molecule has 1 saturated heterocycles. The summed E-state index contributed by atoms with van der Waals surface area (Å²) >= 11 is 1.31. The summed E-state index contributed by atoms with van der Waals surface area (Å²) in [5.74, 6) is -0.525. The molecule has 0 unspecified atom stereocenters. The first-order valence-corrected chi connectivity index (χ1v) is 8.72. The minimum Gasteiger partial charge on any atom is -0.379 e. The molecule has 1 aromatic heterocycles. The van der Waals surface area contributed by atoms with Gasteiger partial charge in [-0.3, -0.25) is 25.1 Å². The number of para-hydroxylation sites is 1. The van der Waals surface area contributed by atoms with E-state index in [4.69, 9.17) is 4.74 Å². The Labute approximate surface area is 148 Å². The summed E-state index contributed by atoms with van der Waals surface area (Å²) in [5, 5.41) is 16.2. The van der Waals surface area contributed by atoms with Crippen molar-refractivity contribution in [1.82, 2.24) is 9.88 Å². The fourth-order valence-electron chi connectivity index (χ4n) is 2.67. The summed E-state index contributed by atoms with van der Waals surface area (Å²) in [7, 11) is 0. The molecule has 1 aliphatic rings. The molecule has 1 fully saturated rings. The number of nitro benzene ring substituents is 1. The minimum atomic E-state index is -0.532. The van der Waals surface area contributed by atoms with Crippen LogP contribution >= 0.6 is 11.3 Å². The van der Waals surface area contributed by atoms with Gasteiger partial charge in [-0.15, -0.1) is 11.3 Å². The monoisotopic (exact) mass is 362 g/mol. The lowest BCUT2D eigenvalue weighted by molar-refractivity contribution is -0.385. The van der Waals surface area contributed by atoms with Crippen molar-refractivity contribution in [3.8, 4) is 0 Å². The number of aryl methyl sites for hydroxylation is 1. The fourth-order valence-corrected chi connectivity index (χ4v) is 3.37. The van der Waals surface area contributed by atoms with E-state index >= 15 is 0 Å². The topological polar surface area (TPSA) is 97.6 Å². The number of carbonyl (C=O) groups excluding carboxylic acids is 1. The molecule has 0 spiro atoms. The van der Waals surface area contributed by atoms with Crippen LogP contribution in [0.3, 0.4) is 0 Å². The molecule has 132 valence electrons. The Morgan fingerprint density at radius 3 is 2.92 bits per heavy atom. The van der Waals surface area contributed by atoms with E-state index in [1.165, 1.54) is 17.4 Å². The second-order valence-corrected chi connectivity index (χ2v) is 6.57. The van der Waals surface area contributed by atoms with Crippen LogP contribution in [0.25, 0.3) is 0 Å². The highest BCUT2D eigenvalue weighted by Gasteiger charge is 2.23. The number of nitrogens with zero attached hydrogens (tertiary/aromatic N) is 3. The van der Waals surface area contributed by atoms with E-state index in [1.54, 1.807) is 19.1 Å². The number of nitro groups is 1. The van der Waals surface area contributed by atoms with Crippen LogP contribution in [0.1, 0.15) is 21.6 Å². The first kappa shape index (κ1) is 17.5. The van der Waals surface area contributed by atoms with Crippen molar-refractivity contribution in [3.05, 3.63) is 50.5 Å². The maximum Gasteiger partial charge on any atom is 0.285 e. The molecule has 25 heavy (non-hydrogen) atoms. The Kier molecular flexibility index (Phi) is 5.37. The van der Waals surface area contributed by atoms with Crippen LogP contribution < -0.4 is 5.32 Å². The van der Waals surface area contributed by atoms with Gasteiger partial charge in [0.2, 0.25) is 0 Å². The molecule has 8 nitrogen and oxygen atoms in total. The molecular weight excluding hydrogens is 344 g/mol. The quantitative estimate of drug-likeness (QED) is 0.648. The van der Waals surface area contributed by atoms with Gasteiger partial charge in [-0.1, -0.05) is 12.1 Å². The Hall–Kier alpha value is -2.36. The first-order chi connectivity index (χ1) is 12.0. The SMILES string of the molecule is Cc1cccc(C(=O)Nc2nc(CN3CCOCC3)cs2)c1[N+](=O)[O-]. The normalized spacial score (nSPS) is 15.1. The molecule has 3 rings (SSSR count). The van der Waals surface area contributed by atoms with Crippen molar-refractivity contribution in [2.24, 2.45) is 0 Å². The molecule has 0 aliphatic carbocycles. The second kappa shape index (κ2) is 7.68. The largest absolute Gasteiger partial charge is 0.379 e. The molecule has 0 saturated carbocycles. The summed E-state index contributed by atoms with van der Waals surface area (Å²) in [6, 6.07) is 4.68. The molecule has 2 heterocycles. The van der Waals surface area contributed by atoms with Crippen molar-refractivity contribution in [1.29, 1.82) is 0 Å². The van der Waals surface area contributed by atoms with E-state index in [2.05, 4.69) is 15.2 Å². The third-order valence-electron chi connectivity index (χ3n) is 3.93. The molecule has 9 heteroatoms. The van der Waals surface area contributed by atoms with Gasteiger partial charge >= 0.3 is 0 Å². The fraction of sp³-hybridized carbons (Fsp3) is 0.375. The minimum absolute atomic E-state index is 0.0370. The smallest absolute Gasteiger partial charge is 0.285 e. The summed E-state index contributed by atoms with van der Waals surface area (Å²) < 4.78 is 5.31. The van der Waals surface area contributed by atoms with Crippen molar-refractivity contribution in [3.63, 3.8) is 0 Å². The van der Waals surface area contributed by atoms with Crippen LogP contribution in [0.5, 0.6) is 0 Å². The number of benzene rings is 1. The zero-order valence-electron chi connectivity index (χ0n) is 13.7. The van der Waals surface area contributed by atoms with Gasteiger partial charge in [-0.05, 0) is 13.0 Å². The molecular formula is C16H18N4O4S. The lowest BCUT2D eigenvalue weighted by atomic mass is 10.1. The first-order valence-electron chi connectivity index (χ1n) is 7.84. The van der Waals surface area contributed by atoms with E-state index in [9.17, 15) is 14.9 Å². The predicted molar refractivity (Wildman–Crippen MR) is 94.0 cm³/mol. The maximum atomic E-state index is 12.4. The van der Waals surface area contributed by atoms with Gasteiger partial charge in [-0.2, -0.15) is 0 Å². The average molecular weight is 362 g/mol. The standard InChI is InChI=1S/C16H18N4O4S/c1-11-3-2-4-13(14(11)20(22)23)15(21)18-16-17-12(10-25-16)9-19-5-7-24-8-6-19/h2-4,10H,5-9H2,1H3,(H,17,18,21). The number of anilines is 1. The average Bonchev–Trinajstić information content (AvgIpc) is 3.02. The summed E-state index contributed by atoms with van der Waals surface area (Å²) in [5.41, 5.74) is 1.17. The maximum absolute atomic E-state index is 12.4. The van der Waals surface area contributed by atoms with Crippen molar-refractivity contribution < 1.29 is 14.5 Å². The predicted octanol–water partition coefficient (Wildman–Crippen LogP) is 2.44.